The minimum atomic E-state index is -3.64. The molecule has 0 amide bonds. The molecule has 0 spiro atoms. The third kappa shape index (κ3) is 3.09. The fourth-order valence-electron chi connectivity index (χ4n) is 2.00. The molecule has 0 aliphatic heterocycles. The Labute approximate surface area is 108 Å². The summed E-state index contributed by atoms with van der Waals surface area (Å²) < 4.78 is 38.3. The summed E-state index contributed by atoms with van der Waals surface area (Å²) in [6.45, 7) is 6.15. The third-order valence-corrected chi connectivity index (χ3v) is 5.36. The van der Waals surface area contributed by atoms with Gasteiger partial charge >= 0.3 is 0 Å². The number of benzene rings is 1. The Balaban J connectivity index is 3.10. The van der Waals surface area contributed by atoms with Crippen LogP contribution in [0.3, 0.4) is 0 Å². The molecule has 0 radical (unpaired) electrons. The van der Waals surface area contributed by atoms with Gasteiger partial charge < -0.3 is 5.32 Å². The van der Waals surface area contributed by atoms with Crippen molar-refractivity contribution in [2.45, 2.75) is 43.4 Å². The van der Waals surface area contributed by atoms with Crippen LogP contribution >= 0.6 is 0 Å². The Morgan fingerprint density at radius 2 is 1.89 bits per heavy atom. The molecule has 3 nitrogen and oxygen atoms in total. The maximum absolute atomic E-state index is 13.6. The quantitative estimate of drug-likeness (QED) is 0.865. The zero-order valence-electron chi connectivity index (χ0n) is 11.0. The van der Waals surface area contributed by atoms with Crippen LogP contribution in [-0.2, 0) is 9.84 Å². The van der Waals surface area contributed by atoms with E-state index in [0.29, 0.717) is 13.0 Å². The molecule has 0 saturated heterocycles. The van der Waals surface area contributed by atoms with E-state index in [2.05, 4.69) is 5.32 Å². The minimum Gasteiger partial charge on any atom is -0.313 e. The minimum absolute atomic E-state index is 0.167. The van der Waals surface area contributed by atoms with Gasteiger partial charge in [-0.15, -0.1) is 0 Å². The SMILES string of the molecule is CCNC(CC)C(C)S(=O)(=O)c1ccccc1F. The predicted molar refractivity (Wildman–Crippen MR) is 70.8 cm³/mol. The molecule has 102 valence electrons. The number of sulfone groups is 1. The van der Waals surface area contributed by atoms with E-state index in [1.807, 2.05) is 13.8 Å². The Bertz CT molecular complexity index is 488. The average Bonchev–Trinajstić information content (AvgIpc) is 2.35. The van der Waals surface area contributed by atoms with Crippen molar-refractivity contribution in [3.63, 3.8) is 0 Å². The lowest BCUT2D eigenvalue weighted by atomic mass is 10.2. The summed E-state index contributed by atoms with van der Waals surface area (Å²) in [6, 6.07) is 5.35. The maximum Gasteiger partial charge on any atom is 0.185 e. The van der Waals surface area contributed by atoms with Crippen LogP contribution in [0.4, 0.5) is 4.39 Å². The fraction of sp³-hybridized carbons (Fsp3) is 0.538. The fourth-order valence-corrected chi connectivity index (χ4v) is 3.73. The lowest BCUT2D eigenvalue weighted by molar-refractivity contribution is 0.479. The molecule has 0 aromatic heterocycles. The van der Waals surface area contributed by atoms with Crippen LogP contribution in [0, 0.1) is 5.82 Å². The second-order valence-corrected chi connectivity index (χ2v) is 6.53. The molecule has 0 aliphatic rings. The first kappa shape index (κ1) is 15.1. The highest BCUT2D eigenvalue weighted by molar-refractivity contribution is 7.92. The van der Waals surface area contributed by atoms with Crippen LogP contribution < -0.4 is 5.32 Å². The molecule has 1 N–H and O–H groups in total. The maximum atomic E-state index is 13.6. The van der Waals surface area contributed by atoms with Crippen molar-refractivity contribution in [1.29, 1.82) is 0 Å². The van der Waals surface area contributed by atoms with Crippen molar-refractivity contribution >= 4 is 9.84 Å². The van der Waals surface area contributed by atoms with Gasteiger partial charge in [0.2, 0.25) is 0 Å². The van der Waals surface area contributed by atoms with Crippen molar-refractivity contribution in [2.75, 3.05) is 6.54 Å². The zero-order valence-corrected chi connectivity index (χ0v) is 11.8. The van der Waals surface area contributed by atoms with Gasteiger partial charge in [0.15, 0.2) is 9.84 Å². The van der Waals surface area contributed by atoms with E-state index >= 15 is 0 Å². The molecule has 1 aromatic carbocycles. The van der Waals surface area contributed by atoms with E-state index in [1.165, 1.54) is 24.3 Å². The second kappa shape index (κ2) is 6.29. The van der Waals surface area contributed by atoms with Crippen molar-refractivity contribution in [3.8, 4) is 0 Å². The molecular weight excluding hydrogens is 253 g/mol. The summed E-state index contributed by atoms with van der Waals surface area (Å²) in [5, 5.41) is 2.47. The average molecular weight is 273 g/mol. The van der Waals surface area contributed by atoms with Gasteiger partial charge in [-0.25, -0.2) is 12.8 Å². The van der Waals surface area contributed by atoms with Crippen molar-refractivity contribution in [2.24, 2.45) is 0 Å². The first-order chi connectivity index (χ1) is 8.45. The number of rotatable bonds is 6. The van der Waals surface area contributed by atoms with E-state index in [9.17, 15) is 12.8 Å². The Hall–Kier alpha value is -0.940. The van der Waals surface area contributed by atoms with Crippen LogP contribution in [0.1, 0.15) is 27.2 Å². The van der Waals surface area contributed by atoms with E-state index < -0.39 is 20.9 Å². The topological polar surface area (TPSA) is 46.2 Å². The van der Waals surface area contributed by atoms with Crippen LogP contribution in [0.2, 0.25) is 0 Å². The van der Waals surface area contributed by atoms with Gasteiger partial charge in [0, 0.05) is 6.04 Å². The normalized spacial score (nSPS) is 15.3. The molecule has 0 fully saturated rings. The molecular formula is C13H20FNO2S. The number of hydrogen-bond donors (Lipinski definition) is 1. The highest BCUT2D eigenvalue weighted by Crippen LogP contribution is 2.22. The first-order valence-electron chi connectivity index (χ1n) is 6.16. The van der Waals surface area contributed by atoms with Crippen LogP contribution in [0.25, 0.3) is 0 Å². The highest BCUT2D eigenvalue weighted by atomic mass is 32.2. The zero-order chi connectivity index (χ0) is 13.8. The molecule has 0 heterocycles. The second-order valence-electron chi connectivity index (χ2n) is 4.25. The molecule has 1 aromatic rings. The van der Waals surface area contributed by atoms with Crippen LogP contribution in [-0.4, -0.2) is 26.3 Å². The van der Waals surface area contributed by atoms with Gasteiger partial charge in [0.25, 0.3) is 0 Å². The molecule has 0 saturated carbocycles. The van der Waals surface area contributed by atoms with Crippen LogP contribution in [0.15, 0.2) is 29.2 Å². The van der Waals surface area contributed by atoms with Gasteiger partial charge in [0.1, 0.15) is 10.7 Å². The highest BCUT2D eigenvalue weighted by Gasteiger charge is 2.31. The van der Waals surface area contributed by atoms with E-state index in [4.69, 9.17) is 0 Å². The standard InChI is InChI=1S/C13H20FNO2S/c1-4-12(15-5-2)10(3)18(16,17)13-9-7-6-8-11(13)14/h6-10,12,15H,4-5H2,1-3H3. The predicted octanol–water partition coefficient (Wildman–Crippen LogP) is 2.38. The summed E-state index contributed by atoms with van der Waals surface area (Å²) in [5.74, 6) is -0.685. The van der Waals surface area contributed by atoms with E-state index in [1.54, 1.807) is 6.92 Å². The Morgan fingerprint density at radius 1 is 1.28 bits per heavy atom. The monoisotopic (exact) mass is 273 g/mol. The molecule has 0 aliphatic carbocycles. The molecule has 2 unspecified atom stereocenters. The van der Waals surface area contributed by atoms with Crippen molar-refractivity contribution in [3.05, 3.63) is 30.1 Å². The summed E-state index contributed by atoms with van der Waals surface area (Å²) in [7, 11) is -3.64. The Kier molecular flexibility index (Phi) is 5.28. The lowest BCUT2D eigenvalue weighted by Gasteiger charge is -2.23. The Morgan fingerprint density at radius 3 is 2.39 bits per heavy atom. The lowest BCUT2D eigenvalue weighted by Crippen LogP contribution is -2.42. The molecule has 18 heavy (non-hydrogen) atoms. The summed E-state index contributed by atoms with van der Waals surface area (Å²) in [4.78, 5) is -0.214. The number of nitrogens with one attached hydrogen (secondary N) is 1. The molecule has 5 heteroatoms. The summed E-state index contributed by atoms with van der Waals surface area (Å²) in [6.07, 6.45) is 0.683. The molecule has 0 bridgehead atoms. The number of hydrogen-bond acceptors (Lipinski definition) is 3. The van der Waals surface area contributed by atoms with Gasteiger partial charge in [0.05, 0.1) is 5.25 Å². The van der Waals surface area contributed by atoms with Gasteiger partial charge in [-0.05, 0) is 32.0 Å². The van der Waals surface area contributed by atoms with Crippen LogP contribution in [0.5, 0.6) is 0 Å². The van der Waals surface area contributed by atoms with E-state index in [-0.39, 0.29) is 10.9 Å². The smallest absolute Gasteiger partial charge is 0.185 e. The molecule has 2 atom stereocenters. The van der Waals surface area contributed by atoms with Crippen molar-refractivity contribution < 1.29 is 12.8 Å². The van der Waals surface area contributed by atoms with E-state index in [0.717, 1.165) is 0 Å². The third-order valence-electron chi connectivity index (χ3n) is 3.11. The largest absolute Gasteiger partial charge is 0.313 e. The van der Waals surface area contributed by atoms with Crippen molar-refractivity contribution in [1.82, 2.24) is 5.32 Å². The number of halogens is 1. The summed E-state index contributed by atoms with van der Waals surface area (Å²) in [5.41, 5.74) is 0. The summed E-state index contributed by atoms with van der Waals surface area (Å²) >= 11 is 0. The van der Waals surface area contributed by atoms with Gasteiger partial charge in [-0.1, -0.05) is 26.0 Å². The van der Waals surface area contributed by atoms with Gasteiger partial charge in [-0.2, -0.15) is 0 Å². The molecule has 1 rings (SSSR count). The first-order valence-corrected chi connectivity index (χ1v) is 7.71. The van der Waals surface area contributed by atoms with Gasteiger partial charge in [-0.3, -0.25) is 0 Å².